The van der Waals surface area contributed by atoms with E-state index in [1.54, 1.807) is 12.1 Å². The van der Waals surface area contributed by atoms with Crippen molar-refractivity contribution < 1.29 is 14.3 Å². The van der Waals surface area contributed by atoms with Crippen molar-refractivity contribution in [3.63, 3.8) is 0 Å². The van der Waals surface area contributed by atoms with Gasteiger partial charge in [-0.1, -0.05) is 19.8 Å². The van der Waals surface area contributed by atoms with Gasteiger partial charge in [0.05, 0.1) is 5.56 Å². The van der Waals surface area contributed by atoms with Gasteiger partial charge < -0.3 is 14.4 Å². The Bertz CT molecular complexity index is 619. The van der Waals surface area contributed by atoms with Crippen LogP contribution < -0.4 is 4.90 Å². The number of aromatic carboxylic acids is 1. The maximum absolute atomic E-state index is 11.0. The van der Waals surface area contributed by atoms with Crippen LogP contribution in [-0.4, -0.2) is 28.6 Å². The van der Waals surface area contributed by atoms with Gasteiger partial charge in [-0.25, -0.2) is 4.79 Å². The van der Waals surface area contributed by atoms with E-state index in [9.17, 15) is 4.79 Å². The van der Waals surface area contributed by atoms with Gasteiger partial charge in [-0.15, -0.1) is 0 Å². The fraction of sp³-hybridized carbons (Fsp3) is 0.500. The molecule has 0 amide bonds. The first-order chi connectivity index (χ1) is 10.0. The SMILES string of the molecule is CCCCCN(c1nc2ccc(C(=O)O)cc2o1)C(C)C. The molecule has 0 atom stereocenters. The highest BCUT2D eigenvalue weighted by Gasteiger charge is 2.17. The highest BCUT2D eigenvalue weighted by atomic mass is 16.4. The lowest BCUT2D eigenvalue weighted by Gasteiger charge is -2.24. The van der Waals surface area contributed by atoms with E-state index in [0.29, 0.717) is 17.1 Å². The second-order valence-electron chi connectivity index (χ2n) is 5.48. The van der Waals surface area contributed by atoms with E-state index in [-0.39, 0.29) is 11.6 Å². The molecule has 1 N–H and O–H groups in total. The van der Waals surface area contributed by atoms with E-state index in [0.717, 1.165) is 13.0 Å². The summed E-state index contributed by atoms with van der Waals surface area (Å²) < 4.78 is 5.76. The van der Waals surface area contributed by atoms with Crippen LogP contribution in [0.25, 0.3) is 11.1 Å². The van der Waals surface area contributed by atoms with E-state index in [1.165, 1.54) is 18.9 Å². The molecule has 0 bridgehead atoms. The van der Waals surface area contributed by atoms with Crippen LogP contribution in [0.3, 0.4) is 0 Å². The Hall–Kier alpha value is -2.04. The number of carboxylic acid groups (broad SMARTS) is 1. The van der Waals surface area contributed by atoms with Crippen LogP contribution in [0.4, 0.5) is 6.01 Å². The zero-order valence-corrected chi connectivity index (χ0v) is 12.8. The van der Waals surface area contributed by atoms with Gasteiger partial charge in [-0.3, -0.25) is 0 Å². The van der Waals surface area contributed by atoms with E-state index >= 15 is 0 Å². The summed E-state index contributed by atoms with van der Waals surface area (Å²) >= 11 is 0. The average molecular weight is 290 g/mol. The monoisotopic (exact) mass is 290 g/mol. The third-order valence-corrected chi connectivity index (χ3v) is 3.50. The Kier molecular flexibility index (Phi) is 4.83. The van der Waals surface area contributed by atoms with Gasteiger partial charge in [0.25, 0.3) is 6.01 Å². The van der Waals surface area contributed by atoms with Gasteiger partial charge in [0.15, 0.2) is 5.58 Å². The quantitative estimate of drug-likeness (QED) is 0.782. The van der Waals surface area contributed by atoms with Crippen molar-refractivity contribution in [1.82, 2.24) is 4.98 Å². The lowest BCUT2D eigenvalue weighted by atomic mass is 10.2. The van der Waals surface area contributed by atoms with Gasteiger partial charge in [0, 0.05) is 12.6 Å². The minimum atomic E-state index is -0.960. The molecule has 0 fully saturated rings. The van der Waals surface area contributed by atoms with Gasteiger partial charge in [-0.2, -0.15) is 4.98 Å². The molecule has 21 heavy (non-hydrogen) atoms. The lowest BCUT2D eigenvalue weighted by Crippen LogP contribution is -2.31. The van der Waals surface area contributed by atoms with Crippen LogP contribution in [-0.2, 0) is 0 Å². The zero-order chi connectivity index (χ0) is 15.4. The predicted octanol–water partition coefficient (Wildman–Crippen LogP) is 3.93. The third-order valence-electron chi connectivity index (χ3n) is 3.50. The Labute approximate surface area is 124 Å². The van der Waals surface area contributed by atoms with Crippen molar-refractivity contribution in [3.8, 4) is 0 Å². The molecule has 0 saturated carbocycles. The largest absolute Gasteiger partial charge is 0.478 e. The van der Waals surface area contributed by atoms with Crippen molar-refractivity contribution in [2.75, 3.05) is 11.4 Å². The molecule has 0 aliphatic rings. The Morgan fingerprint density at radius 2 is 2.14 bits per heavy atom. The van der Waals surface area contributed by atoms with Gasteiger partial charge in [0.1, 0.15) is 5.52 Å². The number of hydrogen-bond donors (Lipinski definition) is 1. The normalized spacial score (nSPS) is 11.2. The second-order valence-corrected chi connectivity index (χ2v) is 5.48. The number of nitrogens with zero attached hydrogens (tertiary/aromatic N) is 2. The number of anilines is 1. The molecule has 0 spiro atoms. The van der Waals surface area contributed by atoms with Crippen LogP contribution in [0.2, 0.25) is 0 Å². The summed E-state index contributed by atoms with van der Waals surface area (Å²) in [4.78, 5) is 17.6. The number of carboxylic acids is 1. The molecule has 114 valence electrons. The van der Waals surface area contributed by atoms with Gasteiger partial charge in [0.2, 0.25) is 0 Å². The summed E-state index contributed by atoms with van der Waals surface area (Å²) in [5.74, 6) is -0.960. The molecule has 0 aliphatic heterocycles. The molecule has 2 aromatic rings. The Morgan fingerprint density at radius 3 is 2.76 bits per heavy atom. The molecule has 1 heterocycles. The van der Waals surface area contributed by atoms with E-state index in [4.69, 9.17) is 9.52 Å². The summed E-state index contributed by atoms with van der Waals surface area (Å²) in [6, 6.07) is 5.62. The topological polar surface area (TPSA) is 66.6 Å². The van der Waals surface area contributed by atoms with Crippen LogP contribution in [0.5, 0.6) is 0 Å². The Balaban J connectivity index is 2.28. The van der Waals surface area contributed by atoms with Crippen molar-refractivity contribution in [3.05, 3.63) is 23.8 Å². The van der Waals surface area contributed by atoms with E-state index < -0.39 is 5.97 Å². The van der Waals surface area contributed by atoms with Crippen molar-refractivity contribution in [2.45, 2.75) is 46.1 Å². The highest BCUT2D eigenvalue weighted by molar-refractivity contribution is 5.92. The lowest BCUT2D eigenvalue weighted by molar-refractivity contribution is 0.0697. The molecule has 1 aromatic carbocycles. The summed E-state index contributed by atoms with van der Waals surface area (Å²) in [6.07, 6.45) is 3.43. The third kappa shape index (κ3) is 3.54. The molecule has 0 unspecified atom stereocenters. The Morgan fingerprint density at radius 1 is 1.38 bits per heavy atom. The van der Waals surface area contributed by atoms with Crippen molar-refractivity contribution >= 4 is 23.1 Å². The highest BCUT2D eigenvalue weighted by Crippen LogP contribution is 2.24. The minimum Gasteiger partial charge on any atom is -0.478 e. The minimum absolute atomic E-state index is 0.215. The molecule has 5 nitrogen and oxygen atoms in total. The molecule has 0 radical (unpaired) electrons. The number of rotatable bonds is 7. The number of fused-ring (bicyclic) bond motifs is 1. The first kappa shape index (κ1) is 15.4. The van der Waals surface area contributed by atoms with Crippen LogP contribution in [0, 0.1) is 0 Å². The van der Waals surface area contributed by atoms with E-state index in [2.05, 4.69) is 30.7 Å². The predicted molar refractivity (Wildman–Crippen MR) is 83.0 cm³/mol. The number of aromatic nitrogens is 1. The molecule has 2 rings (SSSR count). The molecular weight excluding hydrogens is 268 g/mol. The number of unbranched alkanes of at least 4 members (excludes halogenated alkanes) is 2. The molecule has 0 aliphatic carbocycles. The average Bonchev–Trinajstić information content (AvgIpc) is 2.85. The number of oxazole rings is 1. The molecular formula is C16H22N2O3. The van der Waals surface area contributed by atoms with Crippen molar-refractivity contribution in [1.29, 1.82) is 0 Å². The molecule has 0 saturated heterocycles. The molecule has 1 aromatic heterocycles. The van der Waals surface area contributed by atoms with Gasteiger partial charge in [-0.05, 0) is 38.5 Å². The smallest absolute Gasteiger partial charge is 0.335 e. The first-order valence-corrected chi connectivity index (χ1v) is 7.43. The van der Waals surface area contributed by atoms with Crippen molar-refractivity contribution in [2.24, 2.45) is 0 Å². The first-order valence-electron chi connectivity index (χ1n) is 7.43. The number of benzene rings is 1. The zero-order valence-electron chi connectivity index (χ0n) is 12.8. The fourth-order valence-electron chi connectivity index (χ4n) is 2.28. The fourth-order valence-corrected chi connectivity index (χ4v) is 2.28. The summed E-state index contributed by atoms with van der Waals surface area (Å²) in [5, 5.41) is 9.02. The molecule has 5 heteroatoms. The maximum Gasteiger partial charge on any atom is 0.335 e. The summed E-state index contributed by atoms with van der Waals surface area (Å²) in [6.45, 7) is 7.27. The summed E-state index contributed by atoms with van der Waals surface area (Å²) in [5.41, 5.74) is 1.43. The maximum atomic E-state index is 11.0. The van der Waals surface area contributed by atoms with Crippen LogP contribution >= 0.6 is 0 Å². The van der Waals surface area contributed by atoms with E-state index in [1.807, 2.05) is 0 Å². The number of carbonyl (C=O) groups is 1. The van der Waals surface area contributed by atoms with Crippen LogP contribution in [0.15, 0.2) is 22.6 Å². The van der Waals surface area contributed by atoms with Gasteiger partial charge >= 0.3 is 5.97 Å². The summed E-state index contributed by atoms with van der Waals surface area (Å²) in [7, 11) is 0. The number of hydrogen-bond acceptors (Lipinski definition) is 4. The second kappa shape index (κ2) is 6.61. The standard InChI is InChI=1S/C16H22N2O3/c1-4-5-6-9-18(11(2)3)16-17-13-8-7-12(15(19)20)10-14(13)21-16/h7-8,10-11H,4-6,9H2,1-3H3,(H,19,20). The van der Waals surface area contributed by atoms with Crippen LogP contribution in [0.1, 0.15) is 50.4 Å².